The average Bonchev–Trinajstić information content (AvgIpc) is 2.35. The van der Waals surface area contributed by atoms with Crippen molar-refractivity contribution >= 4 is 34.8 Å². The molecule has 0 radical (unpaired) electrons. The van der Waals surface area contributed by atoms with E-state index in [9.17, 15) is 5.26 Å². The minimum atomic E-state index is -0.670. The molecule has 0 aliphatic carbocycles. The summed E-state index contributed by atoms with van der Waals surface area (Å²) in [6, 6.07) is 10.4. The van der Waals surface area contributed by atoms with Gasteiger partial charge in [-0.25, -0.2) is 0 Å². The molecule has 18 heavy (non-hydrogen) atoms. The molecule has 1 aromatic carbocycles. The first kappa shape index (κ1) is 13.1. The molecule has 0 N–H and O–H groups in total. The summed E-state index contributed by atoms with van der Waals surface area (Å²) < 4.78 is 0. The third-order valence-electron chi connectivity index (χ3n) is 2.37. The summed E-state index contributed by atoms with van der Waals surface area (Å²) >= 11 is 17.8. The van der Waals surface area contributed by atoms with Gasteiger partial charge in [-0.15, -0.1) is 5.10 Å². The van der Waals surface area contributed by atoms with Crippen molar-refractivity contribution in [2.75, 3.05) is 0 Å². The Morgan fingerprint density at radius 1 is 1.00 bits per heavy atom. The van der Waals surface area contributed by atoms with Gasteiger partial charge in [-0.2, -0.15) is 10.4 Å². The number of halogens is 3. The highest BCUT2D eigenvalue weighted by Gasteiger charge is 2.21. The molecule has 90 valence electrons. The largest absolute Gasteiger partial charge is 0.197 e. The van der Waals surface area contributed by atoms with E-state index in [1.54, 1.807) is 30.3 Å². The molecule has 0 spiro atoms. The SMILES string of the molecule is N#C[C@H](c1ccc(Cl)nn1)c1c(Cl)cccc1Cl. The first-order chi connectivity index (χ1) is 8.63. The zero-order chi connectivity index (χ0) is 13.1. The van der Waals surface area contributed by atoms with Crippen molar-refractivity contribution in [3.63, 3.8) is 0 Å². The molecule has 1 heterocycles. The Morgan fingerprint density at radius 3 is 2.17 bits per heavy atom. The molecule has 2 rings (SSSR count). The lowest BCUT2D eigenvalue weighted by Gasteiger charge is -2.12. The molecule has 0 fully saturated rings. The number of hydrogen-bond donors (Lipinski definition) is 0. The second-order valence-corrected chi connectivity index (χ2v) is 4.68. The van der Waals surface area contributed by atoms with Crippen LogP contribution < -0.4 is 0 Å². The second kappa shape index (κ2) is 5.53. The lowest BCUT2D eigenvalue weighted by atomic mass is 9.97. The Labute approximate surface area is 119 Å². The summed E-state index contributed by atoms with van der Waals surface area (Å²) in [6.45, 7) is 0. The summed E-state index contributed by atoms with van der Waals surface area (Å²) in [4.78, 5) is 0. The van der Waals surface area contributed by atoms with Crippen LogP contribution in [0.2, 0.25) is 15.2 Å². The maximum Gasteiger partial charge on any atom is 0.151 e. The fourth-order valence-electron chi connectivity index (χ4n) is 1.55. The van der Waals surface area contributed by atoms with Crippen LogP contribution >= 0.6 is 34.8 Å². The summed E-state index contributed by atoms with van der Waals surface area (Å²) in [7, 11) is 0. The van der Waals surface area contributed by atoms with Gasteiger partial charge >= 0.3 is 0 Å². The van der Waals surface area contributed by atoms with Gasteiger partial charge in [0.05, 0.1) is 11.8 Å². The Bertz CT molecular complexity index is 585. The highest BCUT2D eigenvalue weighted by Crippen LogP contribution is 2.34. The minimum absolute atomic E-state index is 0.265. The lowest BCUT2D eigenvalue weighted by molar-refractivity contribution is 0.885. The summed E-state index contributed by atoms with van der Waals surface area (Å²) in [5.74, 6) is -0.670. The monoisotopic (exact) mass is 297 g/mol. The van der Waals surface area contributed by atoms with Crippen molar-refractivity contribution in [1.82, 2.24) is 10.2 Å². The highest BCUT2D eigenvalue weighted by molar-refractivity contribution is 6.36. The van der Waals surface area contributed by atoms with Crippen LogP contribution in [0.5, 0.6) is 0 Å². The van der Waals surface area contributed by atoms with Gasteiger partial charge in [-0.3, -0.25) is 0 Å². The predicted molar refractivity (Wildman–Crippen MR) is 71.0 cm³/mol. The first-order valence-corrected chi connectivity index (χ1v) is 6.09. The fraction of sp³-hybridized carbons (Fsp3) is 0.0833. The third-order valence-corrected chi connectivity index (χ3v) is 3.23. The molecule has 0 aliphatic rings. The molecule has 0 saturated carbocycles. The van der Waals surface area contributed by atoms with E-state index in [0.717, 1.165) is 0 Å². The number of rotatable bonds is 2. The van der Waals surface area contributed by atoms with Gasteiger partial charge in [0, 0.05) is 15.6 Å². The molecule has 6 heteroatoms. The van der Waals surface area contributed by atoms with Gasteiger partial charge < -0.3 is 0 Å². The Morgan fingerprint density at radius 2 is 1.67 bits per heavy atom. The summed E-state index contributed by atoms with van der Waals surface area (Å²) in [6.07, 6.45) is 0. The van der Waals surface area contributed by atoms with Gasteiger partial charge in [0.1, 0.15) is 5.92 Å². The Kier molecular flexibility index (Phi) is 4.03. The van der Waals surface area contributed by atoms with E-state index in [-0.39, 0.29) is 5.15 Å². The van der Waals surface area contributed by atoms with E-state index < -0.39 is 5.92 Å². The normalized spacial score (nSPS) is 11.9. The third kappa shape index (κ3) is 2.56. The van der Waals surface area contributed by atoms with Crippen LogP contribution in [0.25, 0.3) is 0 Å². The number of nitriles is 1. The number of aromatic nitrogens is 2. The van der Waals surface area contributed by atoms with Crippen LogP contribution in [0.4, 0.5) is 0 Å². The predicted octanol–water partition coefficient (Wildman–Crippen LogP) is 4.09. The lowest BCUT2D eigenvalue weighted by Crippen LogP contribution is -2.04. The highest BCUT2D eigenvalue weighted by atomic mass is 35.5. The molecule has 1 aromatic heterocycles. The van der Waals surface area contributed by atoms with Crippen LogP contribution in [0.15, 0.2) is 30.3 Å². The average molecular weight is 299 g/mol. The van der Waals surface area contributed by atoms with E-state index in [2.05, 4.69) is 16.3 Å². The smallest absolute Gasteiger partial charge is 0.151 e. The second-order valence-electron chi connectivity index (χ2n) is 3.48. The summed E-state index contributed by atoms with van der Waals surface area (Å²) in [5.41, 5.74) is 0.983. The van der Waals surface area contributed by atoms with Crippen molar-refractivity contribution in [2.24, 2.45) is 0 Å². The van der Waals surface area contributed by atoms with Crippen LogP contribution in [-0.4, -0.2) is 10.2 Å². The molecule has 0 bridgehead atoms. The Balaban J connectivity index is 2.53. The molecule has 0 saturated heterocycles. The van der Waals surface area contributed by atoms with E-state index in [0.29, 0.717) is 21.3 Å². The molecule has 0 aliphatic heterocycles. The Hall–Kier alpha value is -1.34. The van der Waals surface area contributed by atoms with Gasteiger partial charge in [0.25, 0.3) is 0 Å². The molecule has 3 nitrogen and oxygen atoms in total. The summed E-state index contributed by atoms with van der Waals surface area (Å²) in [5, 5.41) is 18.0. The van der Waals surface area contributed by atoms with E-state index in [1.165, 1.54) is 0 Å². The van der Waals surface area contributed by atoms with Gasteiger partial charge in [-0.1, -0.05) is 40.9 Å². The zero-order valence-electron chi connectivity index (χ0n) is 8.94. The quantitative estimate of drug-likeness (QED) is 0.839. The molecular formula is C12H6Cl3N3. The van der Waals surface area contributed by atoms with Crippen LogP contribution in [0.3, 0.4) is 0 Å². The van der Waals surface area contributed by atoms with Crippen LogP contribution in [0.1, 0.15) is 17.2 Å². The van der Waals surface area contributed by atoms with Gasteiger partial charge in [0.15, 0.2) is 5.15 Å². The van der Waals surface area contributed by atoms with Crippen molar-refractivity contribution in [3.8, 4) is 6.07 Å². The standard InChI is InChI=1S/C12H6Cl3N3/c13-8-2-1-3-9(14)12(8)7(6-16)10-4-5-11(15)18-17-10/h1-5,7H/t7-/m1/s1. The van der Waals surface area contributed by atoms with Gasteiger partial charge in [0.2, 0.25) is 0 Å². The molecule has 2 aromatic rings. The van der Waals surface area contributed by atoms with Crippen LogP contribution in [0, 0.1) is 11.3 Å². The zero-order valence-corrected chi connectivity index (χ0v) is 11.2. The number of hydrogen-bond acceptors (Lipinski definition) is 3. The first-order valence-electron chi connectivity index (χ1n) is 4.96. The van der Waals surface area contributed by atoms with Crippen molar-refractivity contribution in [2.45, 2.75) is 5.92 Å². The number of nitrogens with zero attached hydrogens (tertiary/aromatic N) is 3. The number of benzene rings is 1. The maximum absolute atomic E-state index is 9.28. The van der Waals surface area contributed by atoms with E-state index in [1.807, 2.05) is 0 Å². The molecule has 0 unspecified atom stereocenters. The molecular weight excluding hydrogens is 293 g/mol. The van der Waals surface area contributed by atoms with E-state index in [4.69, 9.17) is 34.8 Å². The van der Waals surface area contributed by atoms with Gasteiger partial charge in [-0.05, 0) is 24.3 Å². The molecule has 0 amide bonds. The van der Waals surface area contributed by atoms with Crippen LogP contribution in [-0.2, 0) is 0 Å². The van der Waals surface area contributed by atoms with E-state index >= 15 is 0 Å². The topological polar surface area (TPSA) is 49.6 Å². The van der Waals surface area contributed by atoms with Crippen molar-refractivity contribution in [1.29, 1.82) is 5.26 Å². The molecule has 1 atom stereocenters. The minimum Gasteiger partial charge on any atom is -0.197 e. The fourth-order valence-corrected chi connectivity index (χ4v) is 2.26. The van der Waals surface area contributed by atoms with Crippen molar-refractivity contribution < 1.29 is 0 Å². The maximum atomic E-state index is 9.28. The van der Waals surface area contributed by atoms with Crippen molar-refractivity contribution in [3.05, 3.63) is 56.8 Å².